The number of piperidine rings is 3. The summed E-state index contributed by atoms with van der Waals surface area (Å²) in [6.45, 7) is 3.97. The number of likely N-dealkylation sites (tertiary alicyclic amines) is 1. The Morgan fingerprint density at radius 3 is 2.23 bits per heavy atom. The highest BCUT2D eigenvalue weighted by molar-refractivity contribution is 6.33. The minimum absolute atomic E-state index is 0.00220. The van der Waals surface area contributed by atoms with Crippen molar-refractivity contribution in [1.29, 1.82) is 0 Å². The second-order valence-electron chi connectivity index (χ2n) is 20.3. The Kier molecular flexibility index (Phi) is 15.2. The summed E-state index contributed by atoms with van der Waals surface area (Å²) in [5, 5.41) is 6.33. The van der Waals surface area contributed by atoms with Crippen molar-refractivity contribution in [2.75, 3.05) is 50.8 Å². The molecule has 10 rings (SSSR count). The molecule has 4 aromatic carbocycles. The largest absolute Gasteiger partial charge is 0.488 e. The number of benzene rings is 4. The second-order valence-corrected chi connectivity index (χ2v) is 20.7. The van der Waals surface area contributed by atoms with Gasteiger partial charge in [0.25, 0.3) is 11.8 Å². The monoisotopic (exact) mass is 1020 g/mol. The summed E-state index contributed by atoms with van der Waals surface area (Å²) in [4.78, 5) is 83.2. The Hall–Kier alpha value is -6.20. The number of hydrogen-bond acceptors (Lipinski definition) is 11. The van der Waals surface area contributed by atoms with Gasteiger partial charge in [0.05, 0.1) is 40.7 Å². The first-order chi connectivity index (χ1) is 35.4. The number of imide groups is 2. The van der Waals surface area contributed by atoms with Crippen molar-refractivity contribution in [2.45, 2.75) is 113 Å². The van der Waals surface area contributed by atoms with E-state index in [0.717, 1.165) is 80.2 Å². The number of fused-ring (bicyclic) bond motifs is 1. The highest BCUT2D eigenvalue weighted by Gasteiger charge is 2.46. The predicted octanol–water partition coefficient (Wildman–Crippen LogP) is 7.16. The number of anilines is 1. The molecule has 384 valence electrons. The molecule has 6 aliphatic rings. The Labute approximate surface area is 429 Å². The lowest BCUT2D eigenvalue weighted by Crippen LogP contribution is -2.54. The van der Waals surface area contributed by atoms with Crippen molar-refractivity contribution in [3.63, 3.8) is 0 Å². The molecule has 0 aromatic heterocycles. The van der Waals surface area contributed by atoms with Crippen LogP contribution >= 0.6 is 11.6 Å². The molecule has 73 heavy (non-hydrogen) atoms. The molecule has 5 heterocycles. The summed E-state index contributed by atoms with van der Waals surface area (Å²) in [5.41, 5.74) is 9.33. The van der Waals surface area contributed by atoms with Crippen LogP contribution < -0.4 is 26.0 Å². The second kappa shape index (κ2) is 22.1. The smallest absolute Gasteiger partial charge is 0.264 e. The molecule has 4 N–H and O–H groups in total. The van der Waals surface area contributed by atoms with Crippen LogP contribution in [0.2, 0.25) is 5.02 Å². The molecular formula is C56H62ClFN6O9. The fourth-order valence-electron chi connectivity index (χ4n) is 11.7. The van der Waals surface area contributed by atoms with Crippen molar-refractivity contribution >= 4 is 52.7 Å². The topological polar surface area (TPSA) is 190 Å². The first-order valence-electron chi connectivity index (χ1n) is 25.9. The zero-order chi connectivity index (χ0) is 50.8. The van der Waals surface area contributed by atoms with E-state index in [1.807, 2.05) is 41.3 Å². The zero-order valence-corrected chi connectivity index (χ0v) is 41.6. The van der Waals surface area contributed by atoms with Crippen molar-refractivity contribution in [3.05, 3.63) is 118 Å². The van der Waals surface area contributed by atoms with E-state index < -0.39 is 41.4 Å². The van der Waals surface area contributed by atoms with Gasteiger partial charge < -0.3 is 35.1 Å². The SMILES string of the molecule is NC(=O)c1ccc(OC[C@@H]2CCCO2)c(F)c1-c1cc(C(CNC2CCC(C(=O)N3CCC(OC4CCN(c5cccc6c5C(=O)N(C5CCC(=O)NC5=O)C6=O)CC4)CC3)CC2)c2ccccc2)ccc1Cl. The Morgan fingerprint density at radius 1 is 0.795 bits per heavy atom. The first-order valence-corrected chi connectivity index (χ1v) is 26.3. The lowest BCUT2D eigenvalue weighted by atomic mass is 9.84. The summed E-state index contributed by atoms with van der Waals surface area (Å²) in [6, 6.07) is 22.9. The Bertz CT molecular complexity index is 2750. The molecule has 5 aliphatic heterocycles. The fraction of sp³-hybridized carbons (Fsp3) is 0.464. The summed E-state index contributed by atoms with van der Waals surface area (Å²) in [7, 11) is 0. The van der Waals surface area contributed by atoms with Gasteiger partial charge in [-0.3, -0.25) is 39.0 Å². The zero-order valence-electron chi connectivity index (χ0n) is 40.8. The third-order valence-electron chi connectivity index (χ3n) is 15.7. The summed E-state index contributed by atoms with van der Waals surface area (Å²) in [6.07, 6.45) is 8.14. The molecule has 4 aromatic rings. The number of ether oxygens (including phenoxy) is 3. The average molecular weight is 1020 g/mol. The number of nitrogens with two attached hydrogens (primary N) is 1. The highest BCUT2D eigenvalue weighted by Crippen LogP contribution is 2.41. The maximum absolute atomic E-state index is 16.4. The van der Waals surface area contributed by atoms with Crippen molar-refractivity contribution < 1.29 is 47.4 Å². The van der Waals surface area contributed by atoms with Crippen LogP contribution in [0.4, 0.5) is 10.1 Å². The van der Waals surface area contributed by atoms with Crippen LogP contribution in [0, 0.1) is 11.7 Å². The number of nitrogens with one attached hydrogen (secondary N) is 2. The maximum Gasteiger partial charge on any atom is 0.264 e. The van der Waals surface area contributed by atoms with Crippen LogP contribution in [0.1, 0.15) is 125 Å². The molecule has 4 saturated heterocycles. The quantitative estimate of drug-likeness (QED) is 0.103. The molecule has 1 aliphatic carbocycles. The van der Waals surface area contributed by atoms with Gasteiger partial charge in [0.1, 0.15) is 12.6 Å². The van der Waals surface area contributed by atoms with Gasteiger partial charge in [-0.15, -0.1) is 0 Å². The van der Waals surface area contributed by atoms with Crippen molar-refractivity contribution in [1.82, 2.24) is 20.4 Å². The predicted molar refractivity (Wildman–Crippen MR) is 271 cm³/mol. The number of halogens is 2. The third kappa shape index (κ3) is 10.8. The molecule has 2 unspecified atom stereocenters. The normalized spacial score (nSPS) is 23.4. The van der Waals surface area contributed by atoms with E-state index in [1.165, 1.54) is 12.1 Å². The lowest BCUT2D eigenvalue weighted by Gasteiger charge is -2.39. The minimum atomic E-state index is -1.02. The van der Waals surface area contributed by atoms with Gasteiger partial charge in [0.15, 0.2) is 11.6 Å². The van der Waals surface area contributed by atoms with Gasteiger partial charge in [-0.1, -0.05) is 54.1 Å². The van der Waals surface area contributed by atoms with Crippen LogP contribution in [0.15, 0.2) is 78.9 Å². The van der Waals surface area contributed by atoms with Gasteiger partial charge in [0, 0.05) is 79.8 Å². The molecule has 0 bridgehead atoms. The number of carbonyl (C=O) groups is 6. The average Bonchev–Trinajstić information content (AvgIpc) is 4.02. The van der Waals surface area contributed by atoms with E-state index in [2.05, 4.69) is 27.7 Å². The molecule has 15 nitrogen and oxygen atoms in total. The van der Waals surface area contributed by atoms with Crippen LogP contribution in [-0.2, 0) is 23.9 Å². The summed E-state index contributed by atoms with van der Waals surface area (Å²) < 4.78 is 34.6. The number of rotatable bonds is 15. The van der Waals surface area contributed by atoms with E-state index in [0.29, 0.717) is 56.1 Å². The van der Waals surface area contributed by atoms with E-state index in [4.69, 9.17) is 31.5 Å². The molecule has 5 fully saturated rings. The molecular weight excluding hydrogens is 955 g/mol. The number of amides is 6. The standard InChI is InChI=1S/C56H62ClFN6O9/c57-44-17-13-35(30-42(44)49-40(52(59)66)16-19-47(51(49)58)72-32-39-8-5-29-71-39)43(33-6-2-1-3-7-33)31-60-36-14-11-34(12-15-36)54(68)63-27-23-38(24-28-63)73-37-21-25-62(26-22-37)45-10-4-9-41-50(45)56(70)64(55(41)69)46-18-20-48(65)61-53(46)67/h1-4,6-7,9-10,13,16-17,19,30,34,36-39,43,46,60H,5,8,11-12,14-15,18,20-29,31-32H2,(H2,59,66)(H,61,65,67)/t34?,36?,39-,43?,46?/m0/s1. The van der Waals surface area contributed by atoms with Gasteiger partial charge in [-0.2, -0.15) is 0 Å². The summed E-state index contributed by atoms with van der Waals surface area (Å²) >= 11 is 6.81. The maximum atomic E-state index is 16.4. The Balaban J connectivity index is 0.707. The van der Waals surface area contributed by atoms with E-state index in [-0.39, 0.29) is 89.0 Å². The van der Waals surface area contributed by atoms with E-state index >= 15 is 4.39 Å². The Morgan fingerprint density at radius 2 is 1.53 bits per heavy atom. The van der Waals surface area contributed by atoms with Crippen molar-refractivity contribution in [3.8, 4) is 16.9 Å². The molecule has 3 atom stereocenters. The molecule has 6 amide bonds. The number of hydrogen-bond donors (Lipinski definition) is 3. The number of nitrogens with zero attached hydrogens (tertiary/aromatic N) is 3. The van der Waals surface area contributed by atoms with Gasteiger partial charge >= 0.3 is 0 Å². The minimum Gasteiger partial charge on any atom is -0.488 e. The lowest BCUT2D eigenvalue weighted by molar-refractivity contribution is -0.140. The molecule has 0 radical (unpaired) electrons. The third-order valence-corrected chi connectivity index (χ3v) is 16.1. The van der Waals surface area contributed by atoms with Gasteiger partial charge in [-0.05, 0) is 118 Å². The molecule has 0 spiro atoms. The van der Waals surface area contributed by atoms with E-state index in [1.54, 1.807) is 18.2 Å². The summed E-state index contributed by atoms with van der Waals surface area (Å²) in [5.74, 6) is -3.53. The van der Waals surface area contributed by atoms with Crippen LogP contribution in [0.3, 0.4) is 0 Å². The highest BCUT2D eigenvalue weighted by atomic mass is 35.5. The number of primary amides is 1. The first kappa shape index (κ1) is 50.3. The van der Waals surface area contributed by atoms with Crippen LogP contribution in [-0.4, -0.2) is 122 Å². The fourth-order valence-corrected chi connectivity index (χ4v) is 11.9. The van der Waals surface area contributed by atoms with E-state index in [9.17, 15) is 28.8 Å². The van der Waals surface area contributed by atoms with Gasteiger partial charge in [0.2, 0.25) is 23.6 Å². The van der Waals surface area contributed by atoms with Crippen LogP contribution in [0.25, 0.3) is 11.1 Å². The van der Waals surface area contributed by atoms with Crippen LogP contribution in [0.5, 0.6) is 5.75 Å². The number of carbonyl (C=O) groups excluding carboxylic acids is 6. The molecule has 1 saturated carbocycles. The van der Waals surface area contributed by atoms with Gasteiger partial charge in [-0.25, -0.2) is 4.39 Å². The van der Waals surface area contributed by atoms with Crippen molar-refractivity contribution in [2.24, 2.45) is 11.7 Å². The molecule has 17 heteroatoms.